The third kappa shape index (κ3) is 3.85. The minimum atomic E-state index is -4.10. The van der Waals surface area contributed by atoms with Crippen LogP contribution in [0.25, 0.3) is 0 Å². The summed E-state index contributed by atoms with van der Waals surface area (Å²) in [6, 6.07) is 8.94. The molecule has 2 rings (SSSR count). The molecule has 5 nitrogen and oxygen atoms in total. The first-order chi connectivity index (χ1) is 11.3. The molecular formula is C16H15ClFNO4S. The summed E-state index contributed by atoms with van der Waals surface area (Å²) >= 11 is 6.06. The molecule has 0 aliphatic heterocycles. The monoisotopic (exact) mass is 371 g/mol. The molecule has 2 aromatic carbocycles. The number of carbonyl (C=O) groups excluding carboxylic acids is 1. The van der Waals surface area contributed by atoms with Crippen molar-refractivity contribution in [2.45, 2.75) is 11.8 Å². The van der Waals surface area contributed by atoms with E-state index in [2.05, 4.69) is 4.74 Å². The molecule has 0 unspecified atom stereocenters. The highest BCUT2D eigenvalue weighted by atomic mass is 35.5. The normalized spacial score (nSPS) is 11.2. The SMILES string of the molecule is COC(=O)CN(c1ccc(C)c(Cl)c1)S(=O)(=O)c1ccc(F)cc1. The van der Waals surface area contributed by atoms with Crippen LogP contribution in [0.3, 0.4) is 0 Å². The van der Waals surface area contributed by atoms with Crippen molar-refractivity contribution >= 4 is 33.3 Å². The van der Waals surface area contributed by atoms with Crippen molar-refractivity contribution in [1.82, 2.24) is 0 Å². The van der Waals surface area contributed by atoms with Gasteiger partial charge in [-0.2, -0.15) is 0 Å². The topological polar surface area (TPSA) is 63.7 Å². The molecule has 0 bridgehead atoms. The van der Waals surface area contributed by atoms with Crippen LogP contribution in [0.2, 0.25) is 5.02 Å². The molecular weight excluding hydrogens is 357 g/mol. The Morgan fingerprint density at radius 3 is 2.38 bits per heavy atom. The summed E-state index contributed by atoms with van der Waals surface area (Å²) in [5.74, 6) is -1.30. The minimum Gasteiger partial charge on any atom is -0.468 e. The van der Waals surface area contributed by atoms with Crippen LogP contribution in [-0.2, 0) is 19.6 Å². The zero-order valence-electron chi connectivity index (χ0n) is 13.0. The van der Waals surface area contributed by atoms with Crippen LogP contribution in [0.15, 0.2) is 47.4 Å². The number of benzene rings is 2. The number of sulfonamides is 1. The van der Waals surface area contributed by atoms with Gasteiger partial charge in [-0.15, -0.1) is 0 Å². The van der Waals surface area contributed by atoms with E-state index in [1.807, 2.05) is 0 Å². The molecule has 0 aliphatic rings. The lowest BCUT2D eigenvalue weighted by atomic mass is 10.2. The Labute approximate surface area is 144 Å². The second-order valence-electron chi connectivity index (χ2n) is 4.98. The predicted octanol–water partition coefficient (Wildman–Crippen LogP) is 3.16. The summed E-state index contributed by atoms with van der Waals surface area (Å²) in [5.41, 5.74) is 0.970. The standard InChI is InChI=1S/C16H15ClFNO4S/c1-11-3-6-13(9-15(11)17)19(10-16(20)23-2)24(21,22)14-7-4-12(18)5-8-14/h3-9H,10H2,1-2H3. The quantitative estimate of drug-likeness (QED) is 0.757. The molecule has 0 amide bonds. The van der Waals surface area contributed by atoms with Gasteiger partial charge < -0.3 is 4.74 Å². The fraction of sp³-hybridized carbons (Fsp3) is 0.188. The zero-order chi connectivity index (χ0) is 17.9. The first kappa shape index (κ1) is 18.2. The number of hydrogen-bond acceptors (Lipinski definition) is 4. The van der Waals surface area contributed by atoms with Gasteiger partial charge in [0.25, 0.3) is 10.0 Å². The molecule has 0 fully saturated rings. The fourth-order valence-corrected chi connectivity index (χ4v) is 3.54. The Kier molecular flexibility index (Phi) is 5.46. The summed E-state index contributed by atoms with van der Waals surface area (Å²) in [5, 5.41) is 0.358. The first-order valence-corrected chi connectivity index (χ1v) is 8.69. The summed E-state index contributed by atoms with van der Waals surface area (Å²) in [6.07, 6.45) is 0. The maximum atomic E-state index is 13.1. The number of halogens is 2. The van der Waals surface area contributed by atoms with Gasteiger partial charge in [0.05, 0.1) is 17.7 Å². The lowest BCUT2D eigenvalue weighted by Gasteiger charge is -2.23. The molecule has 24 heavy (non-hydrogen) atoms. The first-order valence-electron chi connectivity index (χ1n) is 6.87. The summed E-state index contributed by atoms with van der Waals surface area (Å²) in [4.78, 5) is 11.5. The van der Waals surface area contributed by atoms with Crippen molar-refractivity contribution in [3.63, 3.8) is 0 Å². The maximum Gasteiger partial charge on any atom is 0.326 e. The number of aryl methyl sites for hydroxylation is 1. The van der Waals surface area contributed by atoms with Gasteiger partial charge in [-0.25, -0.2) is 12.8 Å². The van der Waals surface area contributed by atoms with Crippen LogP contribution < -0.4 is 4.31 Å². The van der Waals surface area contributed by atoms with Gasteiger partial charge >= 0.3 is 5.97 Å². The molecule has 0 heterocycles. The van der Waals surface area contributed by atoms with Crippen molar-refractivity contribution in [1.29, 1.82) is 0 Å². The molecule has 0 saturated heterocycles. The largest absolute Gasteiger partial charge is 0.468 e. The molecule has 8 heteroatoms. The molecule has 0 saturated carbocycles. The molecule has 0 atom stereocenters. The van der Waals surface area contributed by atoms with Gasteiger partial charge in [0.15, 0.2) is 0 Å². The van der Waals surface area contributed by atoms with Crippen LogP contribution in [-0.4, -0.2) is 28.0 Å². The van der Waals surface area contributed by atoms with E-state index in [1.54, 1.807) is 13.0 Å². The molecule has 2 aromatic rings. The van der Waals surface area contributed by atoms with Crippen LogP contribution in [0.4, 0.5) is 10.1 Å². The zero-order valence-corrected chi connectivity index (χ0v) is 14.6. The van der Waals surface area contributed by atoms with Crippen molar-refractivity contribution < 1.29 is 22.3 Å². The predicted molar refractivity (Wildman–Crippen MR) is 89.1 cm³/mol. The lowest BCUT2D eigenvalue weighted by Crippen LogP contribution is -2.36. The molecule has 128 valence electrons. The summed E-state index contributed by atoms with van der Waals surface area (Å²) in [6.45, 7) is 1.24. The van der Waals surface area contributed by atoms with E-state index in [-0.39, 0.29) is 10.6 Å². The highest BCUT2D eigenvalue weighted by Crippen LogP contribution is 2.28. The van der Waals surface area contributed by atoms with Crippen LogP contribution in [0, 0.1) is 12.7 Å². The van der Waals surface area contributed by atoms with Crippen LogP contribution >= 0.6 is 11.6 Å². The number of methoxy groups -OCH3 is 1. The third-order valence-corrected chi connectivity index (χ3v) is 5.54. The van der Waals surface area contributed by atoms with Gasteiger partial charge in [-0.3, -0.25) is 9.10 Å². The van der Waals surface area contributed by atoms with E-state index in [1.165, 1.54) is 12.1 Å². The highest BCUT2D eigenvalue weighted by molar-refractivity contribution is 7.92. The second-order valence-corrected chi connectivity index (χ2v) is 7.24. The fourth-order valence-electron chi connectivity index (χ4n) is 1.97. The third-order valence-electron chi connectivity index (χ3n) is 3.35. The van der Waals surface area contributed by atoms with Crippen molar-refractivity contribution in [2.75, 3.05) is 18.0 Å². The van der Waals surface area contributed by atoms with Gasteiger partial charge in [0.1, 0.15) is 12.4 Å². The van der Waals surface area contributed by atoms with E-state index >= 15 is 0 Å². The number of esters is 1. The number of nitrogens with zero attached hydrogens (tertiary/aromatic N) is 1. The van der Waals surface area contributed by atoms with Crippen molar-refractivity contribution in [3.05, 3.63) is 58.9 Å². The number of hydrogen-bond donors (Lipinski definition) is 0. The maximum absolute atomic E-state index is 13.1. The number of ether oxygens (including phenoxy) is 1. The van der Waals surface area contributed by atoms with E-state index in [0.717, 1.165) is 41.2 Å². The Morgan fingerprint density at radius 1 is 1.21 bits per heavy atom. The highest BCUT2D eigenvalue weighted by Gasteiger charge is 2.28. The minimum absolute atomic E-state index is 0.149. The van der Waals surface area contributed by atoms with Crippen LogP contribution in [0.1, 0.15) is 5.56 Å². The molecule has 0 radical (unpaired) electrons. The molecule has 0 aliphatic carbocycles. The smallest absolute Gasteiger partial charge is 0.326 e. The van der Waals surface area contributed by atoms with E-state index < -0.39 is 28.4 Å². The number of rotatable bonds is 5. The summed E-state index contributed by atoms with van der Waals surface area (Å²) in [7, 11) is -2.94. The van der Waals surface area contributed by atoms with Gasteiger partial charge in [-0.05, 0) is 48.9 Å². The van der Waals surface area contributed by atoms with Gasteiger partial charge in [-0.1, -0.05) is 17.7 Å². The van der Waals surface area contributed by atoms with E-state index in [9.17, 15) is 17.6 Å². The second kappa shape index (κ2) is 7.19. The average Bonchev–Trinajstić information content (AvgIpc) is 2.55. The Morgan fingerprint density at radius 2 is 1.83 bits per heavy atom. The summed E-state index contributed by atoms with van der Waals surface area (Å²) < 4.78 is 44.2. The van der Waals surface area contributed by atoms with Gasteiger partial charge in [0.2, 0.25) is 0 Å². The molecule has 0 spiro atoms. The van der Waals surface area contributed by atoms with Crippen molar-refractivity contribution in [3.8, 4) is 0 Å². The van der Waals surface area contributed by atoms with Gasteiger partial charge in [0, 0.05) is 5.02 Å². The molecule has 0 N–H and O–H groups in total. The number of carbonyl (C=O) groups is 1. The average molecular weight is 372 g/mol. The van der Waals surface area contributed by atoms with E-state index in [0.29, 0.717) is 5.02 Å². The Balaban J connectivity index is 2.54. The van der Waals surface area contributed by atoms with Crippen molar-refractivity contribution in [2.24, 2.45) is 0 Å². The lowest BCUT2D eigenvalue weighted by molar-refractivity contribution is -0.138. The van der Waals surface area contributed by atoms with Crippen LogP contribution in [0.5, 0.6) is 0 Å². The Hall–Kier alpha value is -2.12. The Bertz CT molecular complexity index is 853. The number of anilines is 1. The van der Waals surface area contributed by atoms with E-state index in [4.69, 9.17) is 11.6 Å². The molecule has 0 aromatic heterocycles.